The molecule has 154 valence electrons. The van der Waals surface area contributed by atoms with E-state index in [1.807, 2.05) is 20.8 Å². The lowest BCUT2D eigenvalue weighted by molar-refractivity contribution is 0.0520. The van der Waals surface area contributed by atoms with Crippen molar-refractivity contribution < 1.29 is 9.53 Å². The first-order valence-corrected chi connectivity index (χ1v) is 9.26. The Morgan fingerprint density at radius 2 is 1.97 bits per heavy atom. The van der Waals surface area contributed by atoms with E-state index in [-0.39, 0.29) is 34.8 Å². The highest BCUT2D eigenvalue weighted by molar-refractivity contribution is 5.92. The number of carbonyl (C=O) groups excluding carboxylic acids is 1. The fourth-order valence-electron chi connectivity index (χ4n) is 2.78. The van der Waals surface area contributed by atoms with Crippen molar-refractivity contribution in [2.75, 3.05) is 6.61 Å². The third-order valence-corrected chi connectivity index (χ3v) is 4.21. The van der Waals surface area contributed by atoms with E-state index in [9.17, 15) is 14.9 Å². The molecule has 2 N–H and O–H groups in total. The lowest BCUT2D eigenvalue weighted by atomic mass is 9.90. The lowest BCUT2D eigenvalue weighted by Gasteiger charge is -2.15. The van der Waals surface area contributed by atoms with Gasteiger partial charge >= 0.3 is 5.97 Å². The number of nitrogens with zero attached hydrogens (tertiary/aromatic N) is 5. The molecule has 0 atom stereocenters. The Kier molecular flexibility index (Phi) is 5.64. The Balaban J connectivity index is 2.11. The quantitative estimate of drug-likeness (QED) is 0.490. The van der Waals surface area contributed by atoms with Gasteiger partial charge in [0, 0.05) is 5.41 Å². The molecule has 0 bridgehead atoms. The van der Waals surface area contributed by atoms with Crippen molar-refractivity contribution in [3.63, 3.8) is 0 Å². The molecular formula is C20H21N7O3. The zero-order valence-corrected chi connectivity index (χ0v) is 17.1. The van der Waals surface area contributed by atoms with Crippen molar-refractivity contribution in [3.05, 3.63) is 57.6 Å². The normalized spacial score (nSPS) is 11.6. The summed E-state index contributed by atoms with van der Waals surface area (Å²) in [7, 11) is 0. The molecule has 3 rings (SSSR count). The first-order chi connectivity index (χ1) is 14.3. The van der Waals surface area contributed by atoms with Gasteiger partial charge in [0.15, 0.2) is 11.4 Å². The molecular weight excluding hydrogens is 386 g/mol. The molecule has 2 aromatic heterocycles. The van der Waals surface area contributed by atoms with Gasteiger partial charge in [-0.1, -0.05) is 39.0 Å². The molecule has 0 amide bonds. The molecule has 0 aliphatic rings. The number of azo groups is 1. The summed E-state index contributed by atoms with van der Waals surface area (Å²) in [6.07, 6.45) is 0. The fraction of sp³-hybridized carbons (Fsp3) is 0.300. The maximum atomic E-state index is 12.9. The van der Waals surface area contributed by atoms with Crippen molar-refractivity contribution in [1.29, 1.82) is 5.26 Å². The second kappa shape index (κ2) is 8.16. The molecule has 10 nitrogen and oxygen atoms in total. The van der Waals surface area contributed by atoms with E-state index in [0.717, 1.165) is 0 Å². The maximum absolute atomic E-state index is 12.9. The number of rotatable bonds is 5. The number of aromatic nitrogens is 4. The molecule has 30 heavy (non-hydrogen) atoms. The number of nitrogens with one attached hydrogen (secondary N) is 2. The molecule has 0 aliphatic heterocycles. The lowest BCUT2D eigenvalue weighted by Crippen LogP contribution is -2.13. The Morgan fingerprint density at radius 1 is 1.27 bits per heavy atom. The molecule has 0 spiro atoms. The van der Waals surface area contributed by atoms with Crippen LogP contribution in [0.15, 0.2) is 45.4 Å². The van der Waals surface area contributed by atoms with E-state index in [0.29, 0.717) is 11.4 Å². The maximum Gasteiger partial charge on any atom is 0.358 e. The molecule has 0 fully saturated rings. The molecule has 2 heterocycles. The third-order valence-electron chi connectivity index (χ3n) is 4.21. The minimum absolute atomic E-state index is 0.0316. The Labute approximate surface area is 172 Å². The highest BCUT2D eigenvalue weighted by Gasteiger charge is 2.25. The van der Waals surface area contributed by atoms with E-state index < -0.39 is 11.5 Å². The first kappa shape index (κ1) is 20.7. The predicted molar refractivity (Wildman–Crippen MR) is 109 cm³/mol. The highest BCUT2D eigenvalue weighted by atomic mass is 16.5. The van der Waals surface area contributed by atoms with Crippen LogP contribution in [0.25, 0.3) is 5.69 Å². The number of esters is 1. The van der Waals surface area contributed by atoms with Crippen LogP contribution in [0.5, 0.6) is 0 Å². The molecule has 1 aromatic carbocycles. The molecule has 3 aromatic rings. The summed E-state index contributed by atoms with van der Waals surface area (Å²) in [6.45, 7) is 7.55. The third kappa shape index (κ3) is 3.91. The Morgan fingerprint density at radius 3 is 2.57 bits per heavy atom. The zero-order chi connectivity index (χ0) is 21.9. The van der Waals surface area contributed by atoms with Crippen LogP contribution in [0, 0.1) is 11.3 Å². The number of carbonyl (C=O) groups is 1. The van der Waals surface area contributed by atoms with Gasteiger partial charge in [0.25, 0.3) is 5.56 Å². The molecule has 0 unspecified atom stereocenters. The van der Waals surface area contributed by atoms with E-state index in [1.165, 1.54) is 4.68 Å². The number of ether oxygens (including phenoxy) is 1. The second-order valence-electron chi connectivity index (χ2n) is 7.39. The fourth-order valence-corrected chi connectivity index (χ4v) is 2.78. The van der Waals surface area contributed by atoms with Crippen molar-refractivity contribution in [3.8, 4) is 11.8 Å². The van der Waals surface area contributed by atoms with Crippen LogP contribution in [0.1, 0.15) is 49.4 Å². The zero-order valence-electron chi connectivity index (χ0n) is 17.1. The van der Waals surface area contributed by atoms with Gasteiger partial charge in [0.1, 0.15) is 11.6 Å². The van der Waals surface area contributed by atoms with E-state index >= 15 is 0 Å². The molecule has 0 saturated heterocycles. The molecule has 0 saturated carbocycles. The van der Waals surface area contributed by atoms with Gasteiger partial charge in [-0.05, 0) is 19.1 Å². The van der Waals surface area contributed by atoms with Gasteiger partial charge in [0.05, 0.1) is 18.0 Å². The van der Waals surface area contributed by atoms with Crippen molar-refractivity contribution in [2.45, 2.75) is 33.1 Å². The summed E-state index contributed by atoms with van der Waals surface area (Å²) in [6, 6.07) is 10.8. The monoisotopic (exact) mass is 407 g/mol. The van der Waals surface area contributed by atoms with Crippen LogP contribution in [0.2, 0.25) is 0 Å². The van der Waals surface area contributed by atoms with Gasteiger partial charge in [-0.15, -0.1) is 10.2 Å². The second-order valence-corrected chi connectivity index (χ2v) is 7.39. The van der Waals surface area contributed by atoms with Gasteiger partial charge in [-0.3, -0.25) is 15.0 Å². The van der Waals surface area contributed by atoms with Gasteiger partial charge in [-0.25, -0.2) is 9.48 Å². The highest BCUT2D eigenvalue weighted by Crippen LogP contribution is 2.30. The number of hydrogen-bond donors (Lipinski definition) is 2. The van der Waals surface area contributed by atoms with Crippen LogP contribution in [0.3, 0.4) is 0 Å². The largest absolute Gasteiger partial charge is 0.461 e. The standard InChI is InChI=1S/C20H21N7O3/c1-5-30-19(29)15-14(18(28)27(26-15)12-9-7-6-8-10-12)22-24-17-13(11-21)16(23-25-17)20(2,3)4/h6-10,26H,5H2,1-4H3,(H,23,25). The molecule has 0 radical (unpaired) electrons. The number of nitriles is 1. The van der Waals surface area contributed by atoms with Crippen LogP contribution in [-0.4, -0.2) is 32.6 Å². The predicted octanol–water partition coefficient (Wildman–Crippen LogP) is 3.65. The molecule has 10 heteroatoms. The van der Waals surface area contributed by atoms with E-state index in [4.69, 9.17) is 4.74 Å². The first-order valence-electron chi connectivity index (χ1n) is 9.26. The van der Waals surface area contributed by atoms with Crippen LogP contribution in [-0.2, 0) is 10.2 Å². The van der Waals surface area contributed by atoms with Gasteiger partial charge in [-0.2, -0.15) is 10.4 Å². The van der Waals surface area contributed by atoms with E-state index in [2.05, 4.69) is 31.6 Å². The number of aromatic amines is 2. The SMILES string of the molecule is CCOC(=O)c1[nH]n(-c2ccccc2)c(=O)c1N=Nc1n[nH]c(C(C)(C)C)c1C#N. The summed E-state index contributed by atoms with van der Waals surface area (Å²) < 4.78 is 6.20. The van der Waals surface area contributed by atoms with Gasteiger partial charge < -0.3 is 4.74 Å². The average Bonchev–Trinajstić information content (AvgIpc) is 3.28. The van der Waals surface area contributed by atoms with Crippen molar-refractivity contribution in [2.24, 2.45) is 10.2 Å². The Hall–Kier alpha value is -4.00. The minimum Gasteiger partial charge on any atom is -0.461 e. The van der Waals surface area contributed by atoms with Crippen LogP contribution >= 0.6 is 0 Å². The number of para-hydroxylation sites is 1. The molecule has 0 aliphatic carbocycles. The topological polar surface area (TPSA) is 141 Å². The van der Waals surface area contributed by atoms with Crippen molar-refractivity contribution >= 4 is 17.5 Å². The van der Waals surface area contributed by atoms with Gasteiger partial charge in [0.2, 0.25) is 5.82 Å². The smallest absolute Gasteiger partial charge is 0.358 e. The number of benzene rings is 1. The number of hydrogen-bond acceptors (Lipinski definition) is 7. The van der Waals surface area contributed by atoms with Crippen LogP contribution in [0.4, 0.5) is 11.5 Å². The summed E-state index contributed by atoms with van der Waals surface area (Å²) in [5.74, 6) is -0.708. The summed E-state index contributed by atoms with van der Waals surface area (Å²) in [4.78, 5) is 25.3. The average molecular weight is 407 g/mol. The summed E-state index contributed by atoms with van der Waals surface area (Å²) in [5, 5.41) is 27.0. The van der Waals surface area contributed by atoms with Crippen LogP contribution < -0.4 is 5.56 Å². The summed E-state index contributed by atoms with van der Waals surface area (Å²) >= 11 is 0. The number of H-pyrrole nitrogens is 2. The minimum atomic E-state index is -0.740. The summed E-state index contributed by atoms with van der Waals surface area (Å²) in [5.41, 5.74) is 0.0140. The van der Waals surface area contributed by atoms with E-state index in [1.54, 1.807) is 37.3 Å². The van der Waals surface area contributed by atoms with Crippen molar-refractivity contribution in [1.82, 2.24) is 20.0 Å². The Bertz CT molecular complexity index is 1190.